The largest absolute Gasteiger partial charge is 0.311 e. The minimum absolute atomic E-state index is 0.0897. The fourth-order valence-electron chi connectivity index (χ4n) is 3.97. The van der Waals surface area contributed by atoms with Gasteiger partial charge in [0, 0.05) is 34.6 Å². The Balaban J connectivity index is 1.39. The first-order valence-corrected chi connectivity index (χ1v) is 13.1. The highest BCUT2D eigenvalue weighted by atomic mass is 32.2. The molecule has 3 heterocycles. The summed E-state index contributed by atoms with van der Waals surface area (Å²) in [7, 11) is 0. The maximum absolute atomic E-state index is 13.4. The minimum atomic E-state index is 0.0897. The van der Waals surface area contributed by atoms with Crippen molar-refractivity contribution in [3.63, 3.8) is 0 Å². The monoisotopic (exact) mass is 487 g/mol. The number of carbonyl (C=O) groups is 1. The summed E-state index contributed by atoms with van der Waals surface area (Å²) < 4.78 is 2.08. The first-order chi connectivity index (χ1) is 16.7. The van der Waals surface area contributed by atoms with Gasteiger partial charge < -0.3 is 4.90 Å². The molecular formula is C26H25N5OS2. The molecule has 2 aromatic heterocycles. The number of hydrogen-bond acceptors (Lipinski definition) is 6. The number of benzene rings is 2. The van der Waals surface area contributed by atoms with Crippen LogP contribution in [-0.4, -0.2) is 43.2 Å². The SMILES string of the molecule is C[C@H]1CCN(C(=O)CSc2nnc(-c3ccncc3)n2Cc2ccccc2)c2ccccc2S1. The third kappa shape index (κ3) is 5.03. The summed E-state index contributed by atoms with van der Waals surface area (Å²) >= 11 is 3.28. The van der Waals surface area contributed by atoms with Crippen molar-refractivity contribution < 1.29 is 4.79 Å². The van der Waals surface area contributed by atoms with Crippen molar-refractivity contribution in [1.29, 1.82) is 0 Å². The smallest absolute Gasteiger partial charge is 0.237 e. The molecule has 1 aliphatic rings. The third-order valence-corrected chi connectivity index (χ3v) is 7.90. The van der Waals surface area contributed by atoms with E-state index < -0.39 is 0 Å². The standard InChI is InChI=1S/C26H25N5OS2/c1-19-13-16-30(22-9-5-6-10-23(22)34-19)24(32)18-33-26-29-28-25(21-11-14-27-15-12-21)31(26)17-20-7-3-2-4-8-20/h2-12,14-15,19H,13,16-18H2,1H3/t19-/m0/s1. The Kier molecular flexibility index (Phi) is 6.97. The molecule has 4 aromatic rings. The van der Waals surface area contributed by atoms with E-state index >= 15 is 0 Å². The molecule has 0 saturated heterocycles. The predicted octanol–water partition coefficient (Wildman–Crippen LogP) is 5.40. The van der Waals surface area contributed by atoms with Crippen LogP contribution in [-0.2, 0) is 11.3 Å². The average molecular weight is 488 g/mol. The van der Waals surface area contributed by atoms with Crippen LogP contribution < -0.4 is 4.90 Å². The van der Waals surface area contributed by atoms with E-state index in [1.165, 1.54) is 11.8 Å². The summed E-state index contributed by atoms with van der Waals surface area (Å²) in [5.41, 5.74) is 3.10. The van der Waals surface area contributed by atoms with E-state index in [1.54, 1.807) is 12.4 Å². The molecule has 6 nitrogen and oxygen atoms in total. The van der Waals surface area contributed by atoms with Gasteiger partial charge in [-0.25, -0.2) is 0 Å². The van der Waals surface area contributed by atoms with Gasteiger partial charge in [-0.3, -0.25) is 14.3 Å². The Hall–Kier alpha value is -3.10. The van der Waals surface area contributed by atoms with Crippen LogP contribution in [0.3, 0.4) is 0 Å². The van der Waals surface area contributed by atoms with Crippen molar-refractivity contribution in [1.82, 2.24) is 19.7 Å². The maximum Gasteiger partial charge on any atom is 0.237 e. The van der Waals surface area contributed by atoms with Crippen molar-refractivity contribution in [3.8, 4) is 11.4 Å². The summed E-state index contributed by atoms with van der Waals surface area (Å²) in [5.74, 6) is 1.16. The molecule has 0 spiro atoms. The van der Waals surface area contributed by atoms with E-state index in [0.717, 1.165) is 45.7 Å². The Bertz CT molecular complexity index is 1260. The van der Waals surface area contributed by atoms with Gasteiger partial charge in [0.1, 0.15) is 0 Å². The first kappa shape index (κ1) is 22.7. The molecule has 1 amide bonds. The topological polar surface area (TPSA) is 63.9 Å². The Morgan fingerprint density at radius 1 is 1.03 bits per heavy atom. The number of amides is 1. The predicted molar refractivity (Wildman–Crippen MR) is 138 cm³/mol. The third-order valence-electron chi connectivity index (χ3n) is 5.71. The number of nitrogens with zero attached hydrogens (tertiary/aromatic N) is 5. The second-order valence-electron chi connectivity index (χ2n) is 8.13. The van der Waals surface area contributed by atoms with Gasteiger partial charge in [-0.1, -0.05) is 61.2 Å². The molecule has 2 aromatic carbocycles. The van der Waals surface area contributed by atoms with Crippen molar-refractivity contribution in [2.45, 2.75) is 35.2 Å². The van der Waals surface area contributed by atoms with Crippen LogP contribution in [0.5, 0.6) is 0 Å². The summed E-state index contributed by atoms with van der Waals surface area (Å²) in [6.45, 7) is 3.57. The molecule has 34 heavy (non-hydrogen) atoms. The van der Waals surface area contributed by atoms with Crippen LogP contribution in [0.15, 0.2) is 89.2 Å². The first-order valence-electron chi connectivity index (χ1n) is 11.3. The number of carbonyl (C=O) groups excluding carboxylic acids is 1. The number of anilines is 1. The lowest BCUT2D eigenvalue weighted by Crippen LogP contribution is -2.33. The van der Waals surface area contributed by atoms with Crippen LogP contribution in [0.2, 0.25) is 0 Å². The van der Waals surface area contributed by atoms with E-state index in [-0.39, 0.29) is 5.91 Å². The zero-order chi connectivity index (χ0) is 23.3. The van der Waals surface area contributed by atoms with E-state index in [2.05, 4.69) is 44.9 Å². The van der Waals surface area contributed by atoms with Crippen molar-refractivity contribution in [3.05, 3.63) is 84.7 Å². The quantitative estimate of drug-likeness (QED) is 0.340. The normalized spacial score (nSPS) is 15.6. The summed E-state index contributed by atoms with van der Waals surface area (Å²) in [6.07, 6.45) is 4.47. The van der Waals surface area contributed by atoms with Gasteiger partial charge in [-0.05, 0) is 36.2 Å². The van der Waals surface area contributed by atoms with Crippen LogP contribution in [0, 0.1) is 0 Å². The van der Waals surface area contributed by atoms with Crippen LogP contribution in [0.25, 0.3) is 11.4 Å². The van der Waals surface area contributed by atoms with Gasteiger partial charge in [0.2, 0.25) is 5.91 Å². The van der Waals surface area contributed by atoms with Gasteiger partial charge >= 0.3 is 0 Å². The molecule has 8 heteroatoms. The number of fused-ring (bicyclic) bond motifs is 1. The number of hydrogen-bond donors (Lipinski definition) is 0. The Morgan fingerprint density at radius 3 is 2.62 bits per heavy atom. The number of pyridine rings is 1. The molecule has 0 saturated carbocycles. The maximum atomic E-state index is 13.4. The molecule has 1 aliphatic heterocycles. The fourth-order valence-corrected chi connectivity index (χ4v) is 5.90. The number of para-hydroxylation sites is 1. The number of thioether (sulfide) groups is 2. The Morgan fingerprint density at radius 2 is 1.79 bits per heavy atom. The number of aromatic nitrogens is 4. The second-order valence-corrected chi connectivity index (χ2v) is 10.6. The van der Waals surface area contributed by atoms with Crippen LogP contribution in [0.1, 0.15) is 18.9 Å². The van der Waals surface area contributed by atoms with Gasteiger partial charge in [0.05, 0.1) is 18.0 Å². The molecule has 0 N–H and O–H groups in total. The summed E-state index contributed by atoms with van der Waals surface area (Å²) in [5, 5.41) is 10.1. The zero-order valence-electron chi connectivity index (χ0n) is 18.9. The van der Waals surface area contributed by atoms with Gasteiger partial charge in [0.15, 0.2) is 11.0 Å². The molecule has 0 radical (unpaired) electrons. The van der Waals surface area contributed by atoms with Crippen molar-refractivity contribution >= 4 is 35.1 Å². The molecule has 5 rings (SSSR count). The molecule has 0 unspecified atom stereocenters. The fraction of sp³-hybridized carbons (Fsp3) is 0.231. The van der Waals surface area contributed by atoms with Crippen molar-refractivity contribution in [2.75, 3.05) is 17.2 Å². The van der Waals surface area contributed by atoms with Gasteiger partial charge in [-0.2, -0.15) is 0 Å². The van der Waals surface area contributed by atoms with Gasteiger partial charge in [-0.15, -0.1) is 22.0 Å². The lowest BCUT2D eigenvalue weighted by atomic mass is 10.2. The van der Waals surface area contributed by atoms with E-state index in [1.807, 2.05) is 65.2 Å². The van der Waals surface area contributed by atoms with E-state index in [9.17, 15) is 4.79 Å². The average Bonchev–Trinajstić information content (AvgIpc) is 3.18. The van der Waals surface area contributed by atoms with E-state index in [0.29, 0.717) is 17.5 Å². The second kappa shape index (κ2) is 10.4. The molecule has 1 atom stereocenters. The highest BCUT2D eigenvalue weighted by Crippen LogP contribution is 2.37. The highest BCUT2D eigenvalue weighted by Gasteiger charge is 2.25. The lowest BCUT2D eigenvalue weighted by Gasteiger charge is -2.22. The molecule has 172 valence electrons. The lowest BCUT2D eigenvalue weighted by molar-refractivity contribution is -0.116. The van der Waals surface area contributed by atoms with Crippen LogP contribution in [0.4, 0.5) is 5.69 Å². The minimum Gasteiger partial charge on any atom is -0.311 e. The van der Waals surface area contributed by atoms with E-state index in [4.69, 9.17) is 0 Å². The van der Waals surface area contributed by atoms with Crippen molar-refractivity contribution in [2.24, 2.45) is 0 Å². The molecule has 0 bridgehead atoms. The highest BCUT2D eigenvalue weighted by molar-refractivity contribution is 8.00. The summed E-state index contributed by atoms with van der Waals surface area (Å²) in [4.78, 5) is 20.6. The number of rotatable bonds is 6. The molecule has 0 fully saturated rings. The molecule has 0 aliphatic carbocycles. The Labute approximate surface area is 207 Å². The van der Waals surface area contributed by atoms with Crippen LogP contribution >= 0.6 is 23.5 Å². The summed E-state index contributed by atoms with van der Waals surface area (Å²) in [6, 6.07) is 22.3. The molecular weight excluding hydrogens is 462 g/mol. The van der Waals surface area contributed by atoms with Gasteiger partial charge in [0.25, 0.3) is 0 Å². The zero-order valence-corrected chi connectivity index (χ0v) is 20.5.